The summed E-state index contributed by atoms with van der Waals surface area (Å²) >= 11 is 0. The van der Waals surface area contributed by atoms with E-state index in [1.165, 1.54) is 13.2 Å². The molecule has 0 atom stereocenters. The Morgan fingerprint density at radius 1 is 1.44 bits per heavy atom. The SMILES string of the molecule is COc1ccc(C#CCC=O)c(C=O)c1O. The number of benzene rings is 1. The van der Waals surface area contributed by atoms with Crippen LogP contribution in [0.3, 0.4) is 0 Å². The number of aromatic hydroxyl groups is 1. The van der Waals surface area contributed by atoms with Crippen LogP contribution in [-0.4, -0.2) is 24.8 Å². The first kappa shape index (κ1) is 11.8. The Labute approximate surface area is 92.9 Å². The molecule has 4 heteroatoms. The third-order valence-electron chi connectivity index (χ3n) is 1.93. The summed E-state index contributed by atoms with van der Waals surface area (Å²) in [6, 6.07) is 3.06. The number of phenolic OH excluding ortho intramolecular Hbond substituents is 1. The van der Waals surface area contributed by atoms with Crippen LogP contribution in [-0.2, 0) is 4.79 Å². The van der Waals surface area contributed by atoms with Crippen molar-refractivity contribution in [3.63, 3.8) is 0 Å². The Balaban J connectivity index is 3.22. The van der Waals surface area contributed by atoms with Crippen LogP contribution in [0.1, 0.15) is 22.3 Å². The normalized spacial score (nSPS) is 8.81. The van der Waals surface area contributed by atoms with Gasteiger partial charge < -0.3 is 14.6 Å². The number of rotatable bonds is 3. The maximum Gasteiger partial charge on any atom is 0.169 e. The lowest BCUT2D eigenvalue weighted by atomic mass is 10.1. The lowest BCUT2D eigenvalue weighted by Gasteiger charge is -2.06. The van der Waals surface area contributed by atoms with Gasteiger partial charge in [0.15, 0.2) is 17.8 Å². The summed E-state index contributed by atoms with van der Waals surface area (Å²) in [5.41, 5.74) is 0.438. The number of methoxy groups -OCH3 is 1. The van der Waals surface area contributed by atoms with Crippen LogP contribution >= 0.6 is 0 Å². The second-order valence-electron chi connectivity index (χ2n) is 2.87. The molecule has 1 aromatic carbocycles. The zero-order valence-corrected chi connectivity index (χ0v) is 8.69. The Hall–Kier alpha value is -2.28. The van der Waals surface area contributed by atoms with E-state index in [2.05, 4.69) is 11.8 Å². The largest absolute Gasteiger partial charge is 0.504 e. The van der Waals surface area contributed by atoms with Crippen LogP contribution in [0.15, 0.2) is 12.1 Å². The molecule has 0 saturated carbocycles. The van der Waals surface area contributed by atoms with Crippen molar-refractivity contribution in [2.24, 2.45) is 0 Å². The van der Waals surface area contributed by atoms with Gasteiger partial charge >= 0.3 is 0 Å². The van der Waals surface area contributed by atoms with Gasteiger partial charge in [-0.15, -0.1) is 0 Å². The van der Waals surface area contributed by atoms with Crippen LogP contribution in [0, 0.1) is 11.8 Å². The molecule has 1 rings (SSSR count). The fourth-order valence-electron chi connectivity index (χ4n) is 1.17. The third kappa shape index (κ3) is 2.39. The Morgan fingerprint density at radius 3 is 2.75 bits per heavy atom. The maximum absolute atomic E-state index is 10.8. The number of carbonyl (C=O) groups is 2. The van der Waals surface area contributed by atoms with Crippen LogP contribution in [0.2, 0.25) is 0 Å². The number of carbonyl (C=O) groups excluding carboxylic acids is 2. The molecule has 0 unspecified atom stereocenters. The number of ether oxygens (including phenoxy) is 1. The van der Waals surface area contributed by atoms with Gasteiger partial charge in [0.25, 0.3) is 0 Å². The van der Waals surface area contributed by atoms with Crippen LogP contribution < -0.4 is 4.74 Å². The molecule has 0 aromatic heterocycles. The quantitative estimate of drug-likeness (QED) is 0.610. The van der Waals surface area contributed by atoms with Crippen molar-refractivity contribution in [2.45, 2.75) is 6.42 Å². The fraction of sp³-hybridized carbons (Fsp3) is 0.167. The van der Waals surface area contributed by atoms with E-state index in [1.54, 1.807) is 6.07 Å². The van der Waals surface area contributed by atoms with Crippen molar-refractivity contribution < 1.29 is 19.4 Å². The monoisotopic (exact) mass is 218 g/mol. The first-order valence-electron chi connectivity index (χ1n) is 4.52. The fourth-order valence-corrected chi connectivity index (χ4v) is 1.17. The molecule has 0 aliphatic rings. The minimum absolute atomic E-state index is 0.0674. The van der Waals surface area contributed by atoms with Gasteiger partial charge in [-0.3, -0.25) is 4.79 Å². The molecule has 1 aromatic rings. The average Bonchev–Trinajstić information content (AvgIpc) is 2.30. The molecule has 0 heterocycles. The van der Waals surface area contributed by atoms with Gasteiger partial charge in [0.1, 0.15) is 6.29 Å². The highest BCUT2D eigenvalue weighted by molar-refractivity contribution is 5.85. The summed E-state index contributed by atoms with van der Waals surface area (Å²) in [4.78, 5) is 20.9. The van der Waals surface area contributed by atoms with E-state index in [-0.39, 0.29) is 23.5 Å². The number of aldehydes is 2. The van der Waals surface area contributed by atoms with E-state index in [1.807, 2.05) is 0 Å². The van der Waals surface area contributed by atoms with Gasteiger partial charge in [0.05, 0.1) is 19.1 Å². The van der Waals surface area contributed by atoms with Crippen molar-refractivity contribution in [3.05, 3.63) is 23.3 Å². The maximum atomic E-state index is 10.8. The van der Waals surface area contributed by atoms with Crippen molar-refractivity contribution in [1.29, 1.82) is 0 Å². The molecular weight excluding hydrogens is 208 g/mol. The molecule has 0 bridgehead atoms. The molecule has 0 aliphatic carbocycles. The van der Waals surface area contributed by atoms with Crippen LogP contribution in [0.25, 0.3) is 0 Å². The Morgan fingerprint density at radius 2 is 2.19 bits per heavy atom. The number of hydrogen-bond donors (Lipinski definition) is 1. The first-order valence-corrected chi connectivity index (χ1v) is 4.52. The van der Waals surface area contributed by atoms with E-state index in [4.69, 9.17) is 4.74 Å². The zero-order chi connectivity index (χ0) is 12.0. The third-order valence-corrected chi connectivity index (χ3v) is 1.93. The van der Waals surface area contributed by atoms with Gasteiger partial charge in [-0.1, -0.05) is 11.8 Å². The minimum Gasteiger partial charge on any atom is -0.504 e. The predicted octanol–water partition coefficient (Wildman–Crippen LogP) is 1.15. The average molecular weight is 218 g/mol. The Kier molecular flexibility index (Phi) is 4.10. The van der Waals surface area contributed by atoms with Crippen molar-refractivity contribution in [2.75, 3.05) is 7.11 Å². The van der Waals surface area contributed by atoms with E-state index in [9.17, 15) is 14.7 Å². The summed E-state index contributed by atoms with van der Waals surface area (Å²) in [6.45, 7) is 0. The minimum atomic E-state index is -0.240. The lowest BCUT2D eigenvalue weighted by Crippen LogP contribution is -1.92. The molecule has 82 valence electrons. The van der Waals surface area contributed by atoms with Gasteiger partial charge in [0.2, 0.25) is 0 Å². The van der Waals surface area contributed by atoms with E-state index in [0.717, 1.165) is 0 Å². The smallest absolute Gasteiger partial charge is 0.169 e. The molecule has 16 heavy (non-hydrogen) atoms. The molecule has 0 fully saturated rings. The molecule has 1 N–H and O–H groups in total. The van der Waals surface area contributed by atoms with Crippen LogP contribution in [0.4, 0.5) is 0 Å². The topological polar surface area (TPSA) is 63.6 Å². The van der Waals surface area contributed by atoms with E-state index in [0.29, 0.717) is 18.1 Å². The van der Waals surface area contributed by atoms with Gasteiger partial charge in [-0.2, -0.15) is 0 Å². The molecule has 0 amide bonds. The van der Waals surface area contributed by atoms with Crippen molar-refractivity contribution in [3.8, 4) is 23.3 Å². The lowest BCUT2D eigenvalue weighted by molar-refractivity contribution is -0.107. The summed E-state index contributed by atoms with van der Waals surface area (Å²) in [7, 11) is 1.39. The van der Waals surface area contributed by atoms with Gasteiger partial charge in [-0.05, 0) is 12.1 Å². The summed E-state index contributed by atoms with van der Waals surface area (Å²) < 4.78 is 4.85. The van der Waals surface area contributed by atoms with Crippen LogP contribution in [0.5, 0.6) is 11.5 Å². The molecule has 0 aliphatic heterocycles. The summed E-state index contributed by atoms with van der Waals surface area (Å²) in [5.74, 6) is 5.16. The highest BCUT2D eigenvalue weighted by Crippen LogP contribution is 2.30. The van der Waals surface area contributed by atoms with Crippen molar-refractivity contribution >= 4 is 12.6 Å². The molecule has 0 radical (unpaired) electrons. The first-order chi connectivity index (χ1) is 7.74. The molecule has 0 saturated heterocycles. The number of hydrogen-bond acceptors (Lipinski definition) is 4. The highest BCUT2D eigenvalue weighted by atomic mass is 16.5. The molecule has 4 nitrogen and oxygen atoms in total. The van der Waals surface area contributed by atoms with Crippen molar-refractivity contribution in [1.82, 2.24) is 0 Å². The number of phenols is 1. The zero-order valence-electron chi connectivity index (χ0n) is 8.69. The summed E-state index contributed by atoms with van der Waals surface area (Å²) in [6.07, 6.45) is 1.25. The second-order valence-corrected chi connectivity index (χ2v) is 2.87. The molecular formula is C12H10O4. The van der Waals surface area contributed by atoms with Gasteiger partial charge in [-0.25, -0.2) is 0 Å². The summed E-state index contributed by atoms with van der Waals surface area (Å²) in [5, 5.41) is 9.63. The van der Waals surface area contributed by atoms with Gasteiger partial charge in [0, 0.05) is 5.56 Å². The standard InChI is InChI=1S/C12H10O4/c1-16-11-6-5-9(4-2-3-7-13)10(8-14)12(11)15/h5-8,15H,3H2,1H3. The highest BCUT2D eigenvalue weighted by Gasteiger charge is 2.10. The van der Waals surface area contributed by atoms with E-state index < -0.39 is 0 Å². The molecule has 0 spiro atoms. The second kappa shape index (κ2) is 5.56. The van der Waals surface area contributed by atoms with E-state index >= 15 is 0 Å². The predicted molar refractivity (Wildman–Crippen MR) is 57.6 cm³/mol. The Bertz CT molecular complexity index is 466.